The summed E-state index contributed by atoms with van der Waals surface area (Å²) in [5, 5.41) is 16.8. The van der Waals surface area contributed by atoms with Crippen LogP contribution in [-0.4, -0.2) is 48.2 Å². The van der Waals surface area contributed by atoms with Crippen LogP contribution in [0, 0.1) is 11.2 Å². The predicted molar refractivity (Wildman–Crippen MR) is 69.5 cm³/mol. The largest absolute Gasteiger partial charge is 0.395 e. The lowest BCUT2D eigenvalue weighted by atomic mass is 10.0. The molecule has 104 valence electrons. The monoisotopic (exact) mass is 267 g/mol. The first-order valence-electron chi connectivity index (χ1n) is 6.17. The molecule has 0 amide bonds. The number of nitrogens with one attached hydrogen (secondary N) is 1. The molecule has 1 aliphatic rings. The molecular weight excluding hydrogens is 249 g/mol. The summed E-state index contributed by atoms with van der Waals surface area (Å²) in [7, 11) is 0. The first-order chi connectivity index (χ1) is 9.11. The zero-order valence-electron chi connectivity index (χ0n) is 10.6. The van der Waals surface area contributed by atoms with Crippen LogP contribution in [0.4, 0.5) is 4.39 Å². The third kappa shape index (κ3) is 3.28. The van der Waals surface area contributed by atoms with E-state index in [2.05, 4.69) is 4.90 Å². The summed E-state index contributed by atoms with van der Waals surface area (Å²) in [6.07, 6.45) is 0. The van der Waals surface area contributed by atoms with Crippen molar-refractivity contribution in [3.8, 4) is 0 Å². The van der Waals surface area contributed by atoms with Crippen molar-refractivity contribution in [1.29, 1.82) is 5.41 Å². The van der Waals surface area contributed by atoms with E-state index in [1.807, 2.05) is 0 Å². The molecular formula is C13H18FN3O2. The summed E-state index contributed by atoms with van der Waals surface area (Å²) >= 11 is 0. The van der Waals surface area contributed by atoms with Crippen LogP contribution in [0.1, 0.15) is 11.1 Å². The molecule has 4 N–H and O–H groups in total. The number of nitrogen functional groups attached to an aromatic ring is 1. The Morgan fingerprint density at radius 2 is 2.37 bits per heavy atom. The van der Waals surface area contributed by atoms with Crippen molar-refractivity contribution >= 4 is 5.84 Å². The Morgan fingerprint density at radius 1 is 1.58 bits per heavy atom. The fourth-order valence-corrected chi connectivity index (χ4v) is 2.22. The van der Waals surface area contributed by atoms with Crippen molar-refractivity contribution < 1.29 is 14.2 Å². The van der Waals surface area contributed by atoms with Crippen molar-refractivity contribution in [3.63, 3.8) is 0 Å². The van der Waals surface area contributed by atoms with E-state index in [0.717, 1.165) is 5.56 Å². The zero-order valence-corrected chi connectivity index (χ0v) is 10.6. The second kappa shape index (κ2) is 6.10. The number of hydrogen-bond donors (Lipinski definition) is 3. The predicted octanol–water partition coefficient (Wildman–Crippen LogP) is 0.303. The highest BCUT2D eigenvalue weighted by Crippen LogP contribution is 2.17. The average Bonchev–Trinajstić information content (AvgIpc) is 2.41. The number of aliphatic hydroxyl groups is 1. The number of nitrogens with zero attached hydrogens (tertiary/aromatic N) is 1. The minimum absolute atomic E-state index is 0.0105. The second-order valence-electron chi connectivity index (χ2n) is 4.60. The van der Waals surface area contributed by atoms with E-state index in [1.54, 1.807) is 6.07 Å². The van der Waals surface area contributed by atoms with Crippen LogP contribution in [0.2, 0.25) is 0 Å². The molecule has 1 heterocycles. The lowest BCUT2D eigenvalue weighted by Crippen LogP contribution is -2.47. The number of rotatable bonds is 4. The van der Waals surface area contributed by atoms with Crippen molar-refractivity contribution in [2.45, 2.75) is 12.6 Å². The third-order valence-electron chi connectivity index (χ3n) is 3.30. The summed E-state index contributed by atoms with van der Waals surface area (Å²) in [5.74, 6) is -0.557. The Kier molecular flexibility index (Phi) is 4.47. The quantitative estimate of drug-likeness (QED) is 0.541. The van der Waals surface area contributed by atoms with Crippen LogP contribution in [0.5, 0.6) is 0 Å². The Hall–Kier alpha value is -1.50. The fraction of sp³-hybridized carbons (Fsp3) is 0.462. The second-order valence-corrected chi connectivity index (χ2v) is 4.60. The molecule has 6 heteroatoms. The minimum atomic E-state index is -0.408. The van der Waals surface area contributed by atoms with Crippen LogP contribution < -0.4 is 5.73 Å². The first kappa shape index (κ1) is 13.9. The average molecular weight is 267 g/mol. The Balaban J connectivity index is 2.20. The number of amidine groups is 1. The third-order valence-corrected chi connectivity index (χ3v) is 3.30. The number of hydrogen-bond acceptors (Lipinski definition) is 4. The number of halogens is 1. The first-order valence-corrected chi connectivity index (χ1v) is 6.17. The van der Waals surface area contributed by atoms with E-state index < -0.39 is 5.82 Å². The maximum Gasteiger partial charge on any atom is 0.123 e. The van der Waals surface area contributed by atoms with Gasteiger partial charge in [0.25, 0.3) is 0 Å². The van der Waals surface area contributed by atoms with Gasteiger partial charge in [-0.25, -0.2) is 4.39 Å². The summed E-state index contributed by atoms with van der Waals surface area (Å²) < 4.78 is 18.5. The SMILES string of the molecule is N=C(N)c1cc(F)ccc1CN1CCOCC1CO. The topological polar surface area (TPSA) is 82.6 Å². The van der Waals surface area contributed by atoms with Crippen molar-refractivity contribution in [3.05, 3.63) is 35.1 Å². The molecule has 1 atom stereocenters. The molecule has 19 heavy (non-hydrogen) atoms. The van der Waals surface area contributed by atoms with Crippen molar-refractivity contribution in [2.75, 3.05) is 26.4 Å². The highest BCUT2D eigenvalue weighted by molar-refractivity contribution is 5.96. The zero-order chi connectivity index (χ0) is 13.8. The molecule has 0 spiro atoms. The van der Waals surface area contributed by atoms with Gasteiger partial charge in [0.2, 0.25) is 0 Å². The smallest absolute Gasteiger partial charge is 0.123 e. The van der Waals surface area contributed by atoms with E-state index in [4.69, 9.17) is 15.9 Å². The van der Waals surface area contributed by atoms with Gasteiger partial charge in [-0.3, -0.25) is 10.3 Å². The Labute approximate surface area is 111 Å². The molecule has 1 fully saturated rings. The maximum absolute atomic E-state index is 13.2. The van der Waals surface area contributed by atoms with Crippen LogP contribution >= 0.6 is 0 Å². The van der Waals surface area contributed by atoms with Gasteiger partial charge in [0.1, 0.15) is 11.7 Å². The molecule has 0 aliphatic carbocycles. The van der Waals surface area contributed by atoms with Crippen LogP contribution in [-0.2, 0) is 11.3 Å². The van der Waals surface area contributed by atoms with Gasteiger partial charge < -0.3 is 15.6 Å². The molecule has 0 bridgehead atoms. The maximum atomic E-state index is 13.2. The van der Waals surface area contributed by atoms with Gasteiger partial charge in [-0.15, -0.1) is 0 Å². The molecule has 1 aromatic carbocycles. The number of aliphatic hydroxyl groups excluding tert-OH is 1. The molecule has 1 unspecified atom stereocenters. The highest BCUT2D eigenvalue weighted by Gasteiger charge is 2.23. The molecule has 2 rings (SSSR count). The summed E-state index contributed by atoms with van der Waals surface area (Å²) in [5.41, 5.74) is 6.67. The van der Waals surface area contributed by atoms with Crippen LogP contribution in [0.15, 0.2) is 18.2 Å². The van der Waals surface area contributed by atoms with Crippen LogP contribution in [0.3, 0.4) is 0 Å². The van der Waals surface area contributed by atoms with Gasteiger partial charge in [0, 0.05) is 18.7 Å². The minimum Gasteiger partial charge on any atom is -0.395 e. The molecule has 5 nitrogen and oxygen atoms in total. The van der Waals surface area contributed by atoms with Crippen molar-refractivity contribution in [2.24, 2.45) is 5.73 Å². The number of benzene rings is 1. The van der Waals surface area contributed by atoms with Gasteiger partial charge in [-0.05, 0) is 17.7 Å². The molecule has 0 radical (unpaired) electrons. The van der Waals surface area contributed by atoms with Gasteiger partial charge in [-0.1, -0.05) is 6.07 Å². The lowest BCUT2D eigenvalue weighted by molar-refractivity contribution is -0.0312. The van der Waals surface area contributed by atoms with E-state index in [9.17, 15) is 9.50 Å². The standard InChI is InChI=1S/C13H18FN3O2/c14-10-2-1-9(12(5-10)13(15)16)6-17-3-4-19-8-11(17)7-18/h1-2,5,11,18H,3-4,6-8H2,(H3,15,16). The van der Waals surface area contributed by atoms with E-state index in [0.29, 0.717) is 31.9 Å². The van der Waals surface area contributed by atoms with Crippen LogP contribution in [0.25, 0.3) is 0 Å². The molecule has 0 aromatic heterocycles. The lowest BCUT2D eigenvalue weighted by Gasteiger charge is -2.34. The fourth-order valence-electron chi connectivity index (χ4n) is 2.22. The summed E-state index contributed by atoms with van der Waals surface area (Å²) in [6.45, 7) is 2.31. The number of morpholine rings is 1. The Bertz CT molecular complexity index is 467. The number of nitrogens with two attached hydrogens (primary N) is 1. The molecule has 1 aromatic rings. The van der Waals surface area contributed by atoms with Gasteiger partial charge in [0.05, 0.1) is 25.9 Å². The number of ether oxygens (including phenoxy) is 1. The van der Waals surface area contributed by atoms with Gasteiger partial charge >= 0.3 is 0 Å². The normalized spacial score (nSPS) is 20.4. The summed E-state index contributed by atoms with van der Waals surface area (Å²) in [6, 6.07) is 4.19. The molecule has 1 saturated heterocycles. The highest BCUT2D eigenvalue weighted by atomic mass is 19.1. The van der Waals surface area contributed by atoms with Gasteiger partial charge in [-0.2, -0.15) is 0 Å². The summed E-state index contributed by atoms with van der Waals surface area (Å²) in [4.78, 5) is 2.06. The van der Waals surface area contributed by atoms with E-state index >= 15 is 0 Å². The molecule has 0 saturated carbocycles. The van der Waals surface area contributed by atoms with Crippen molar-refractivity contribution in [1.82, 2.24) is 4.90 Å². The van der Waals surface area contributed by atoms with Gasteiger partial charge in [0.15, 0.2) is 0 Å². The van der Waals surface area contributed by atoms with E-state index in [-0.39, 0.29) is 18.5 Å². The molecule has 1 aliphatic heterocycles. The Morgan fingerprint density at radius 3 is 3.05 bits per heavy atom. The van der Waals surface area contributed by atoms with E-state index in [1.165, 1.54) is 12.1 Å².